The van der Waals surface area contributed by atoms with Gasteiger partial charge < -0.3 is 11.1 Å². The summed E-state index contributed by atoms with van der Waals surface area (Å²) >= 11 is 1.64. The zero-order chi connectivity index (χ0) is 16.3. The number of nitrogen functional groups attached to an aromatic ring is 1. The third-order valence-corrected chi connectivity index (χ3v) is 6.30. The smallest absolute Gasteiger partial charge is 0.140 e. The van der Waals surface area contributed by atoms with Crippen molar-refractivity contribution in [3.8, 4) is 0 Å². The van der Waals surface area contributed by atoms with E-state index in [1.807, 2.05) is 11.4 Å². The molecule has 1 aliphatic rings. The molecule has 5 nitrogen and oxygen atoms in total. The van der Waals surface area contributed by atoms with Crippen LogP contribution in [0.25, 0.3) is 10.2 Å². The quantitative estimate of drug-likeness (QED) is 0.693. The van der Waals surface area contributed by atoms with Gasteiger partial charge in [-0.25, -0.2) is 8.42 Å². The van der Waals surface area contributed by atoms with Crippen molar-refractivity contribution in [2.24, 2.45) is 0 Å². The van der Waals surface area contributed by atoms with Gasteiger partial charge in [0.2, 0.25) is 0 Å². The van der Waals surface area contributed by atoms with Gasteiger partial charge in [0.05, 0.1) is 27.8 Å². The van der Waals surface area contributed by atoms with Gasteiger partial charge in [-0.3, -0.25) is 4.98 Å². The average Bonchev–Trinajstić information content (AvgIpc) is 3.00. The van der Waals surface area contributed by atoms with Crippen LogP contribution in [0.3, 0.4) is 0 Å². The second kappa shape index (κ2) is 7.05. The summed E-state index contributed by atoms with van der Waals surface area (Å²) in [6.07, 6.45) is 9.01. The molecule has 1 saturated carbocycles. The largest absolute Gasteiger partial charge is 0.396 e. The van der Waals surface area contributed by atoms with Crippen molar-refractivity contribution in [2.45, 2.75) is 50.5 Å². The number of nitrogens with zero attached hydrogens (tertiary/aromatic N) is 1. The van der Waals surface area contributed by atoms with Crippen LogP contribution in [0.1, 0.15) is 44.9 Å². The van der Waals surface area contributed by atoms with Crippen LogP contribution < -0.4 is 11.1 Å². The molecule has 1 aliphatic carbocycles. The topological polar surface area (TPSA) is 85.1 Å². The van der Waals surface area contributed by atoms with E-state index >= 15 is 0 Å². The summed E-state index contributed by atoms with van der Waals surface area (Å²) < 4.78 is 22.9. The molecule has 0 atom stereocenters. The second-order valence-corrected chi connectivity index (χ2v) is 8.38. The fourth-order valence-corrected chi connectivity index (χ4v) is 4.81. The Morgan fingerprint density at radius 3 is 2.83 bits per heavy atom. The number of hydrogen-bond acceptors (Lipinski definition) is 6. The highest BCUT2D eigenvalue weighted by Gasteiger charge is 2.32. The molecule has 0 saturated heterocycles. The van der Waals surface area contributed by atoms with Gasteiger partial charge in [0.1, 0.15) is 10.7 Å². The molecule has 3 rings (SSSR count). The highest BCUT2D eigenvalue weighted by molar-refractivity contribution is 7.72. The Morgan fingerprint density at radius 2 is 2.09 bits per heavy atom. The first-order valence-electron chi connectivity index (χ1n) is 8.11. The van der Waals surface area contributed by atoms with Gasteiger partial charge in [0, 0.05) is 11.3 Å². The summed E-state index contributed by atoms with van der Waals surface area (Å²) in [4.78, 5) is 4.37. The van der Waals surface area contributed by atoms with Gasteiger partial charge in [0.15, 0.2) is 0 Å². The molecule has 0 amide bonds. The number of thiophene rings is 1. The Balaban J connectivity index is 1.87. The highest BCUT2D eigenvalue weighted by Crippen LogP contribution is 2.40. The summed E-state index contributed by atoms with van der Waals surface area (Å²) in [6, 6.07) is 2.00. The van der Waals surface area contributed by atoms with E-state index in [0.717, 1.165) is 35.2 Å². The van der Waals surface area contributed by atoms with Crippen LogP contribution in [0.4, 0.5) is 11.4 Å². The zero-order valence-electron chi connectivity index (χ0n) is 13.1. The molecule has 0 spiro atoms. The Morgan fingerprint density at radius 1 is 1.30 bits per heavy atom. The Labute approximate surface area is 142 Å². The number of fused-ring (bicyclic) bond motifs is 1. The molecule has 0 bridgehead atoms. The van der Waals surface area contributed by atoms with Gasteiger partial charge in [-0.2, -0.15) is 0 Å². The number of nitrogens with two attached hydrogens (primary N) is 1. The van der Waals surface area contributed by atoms with Gasteiger partial charge in [-0.1, -0.05) is 19.3 Å². The maximum atomic E-state index is 10.9. The van der Waals surface area contributed by atoms with E-state index in [1.54, 1.807) is 17.5 Å². The lowest BCUT2D eigenvalue weighted by Crippen LogP contribution is -2.40. The predicted molar refractivity (Wildman–Crippen MR) is 97.9 cm³/mol. The predicted octanol–water partition coefficient (Wildman–Crippen LogP) is 3.38. The number of hydrogen-bond donors (Lipinski definition) is 3. The molecular formula is C16H23N3O2S2. The molecule has 0 aromatic carbocycles. The zero-order valence-corrected chi connectivity index (χ0v) is 14.8. The van der Waals surface area contributed by atoms with Gasteiger partial charge in [-0.15, -0.1) is 11.3 Å². The first-order chi connectivity index (χ1) is 11.1. The molecule has 0 radical (unpaired) electrons. The molecule has 23 heavy (non-hydrogen) atoms. The first-order valence-corrected chi connectivity index (χ1v) is 10.4. The second-order valence-electron chi connectivity index (χ2n) is 6.35. The normalized spacial score (nSPS) is 17.6. The van der Waals surface area contributed by atoms with Crippen molar-refractivity contribution in [3.05, 3.63) is 17.6 Å². The number of rotatable bonds is 6. The summed E-state index contributed by atoms with van der Waals surface area (Å²) in [7, 11) is -2.30. The van der Waals surface area contributed by atoms with Crippen LogP contribution in [0.5, 0.6) is 0 Å². The van der Waals surface area contributed by atoms with Crippen molar-refractivity contribution in [1.29, 1.82) is 0 Å². The Bertz CT molecular complexity index is 741. The summed E-state index contributed by atoms with van der Waals surface area (Å²) in [5.74, 6) is 0.263. The maximum absolute atomic E-state index is 10.9. The minimum Gasteiger partial charge on any atom is -0.396 e. The molecule has 0 aliphatic heterocycles. The van der Waals surface area contributed by atoms with Crippen LogP contribution >= 0.6 is 11.3 Å². The van der Waals surface area contributed by atoms with Crippen molar-refractivity contribution in [1.82, 2.24) is 4.98 Å². The highest BCUT2D eigenvalue weighted by atomic mass is 32.2. The van der Waals surface area contributed by atoms with Crippen LogP contribution in [-0.2, 0) is 10.7 Å². The molecule has 126 valence electrons. The van der Waals surface area contributed by atoms with Crippen LogP contribution in [-0.4, -0.2) is 24.7 Å². The lowest BCUT2D eigenvalue weighted by Gasteiger charge is -2.39. The van der Waals surface area contributed by atoms with E-state index in [1.165, 1.54) is 19.3 Å². The van der Waals surface area contributed by atoms with Gasteiger partial charge in [-0.05, 0) is 37.1 Å². The van der Waals surface area contributed by atoms with E-state index < -0.39 is 10.7 Å². The standard InChI is InChI=1S/C16H23N3O2S2/c17-12-11-18-13-5-9-22-15(13)14(12)19-16(6-2-1-3-7-16)8-4-10-23(20)21/h5,9,11,23H,1-4,6-8,10,17H2,(H,18,19). The molecule has 1 fully saturated rings. The molecule has 2 heterocycles. The molecule has 2 aromatic rings. The average molecular weight is 354 g/mol. The maximum Gasteiger partial charge on any atom is 0.140 e. The fraction of sp³-hybridized carbons (Fsp3) is 0.562. The molecular weight excluding hydrogens is 330 g/mol. The Hall–Kier alpha value is -1.34. The summed E-state index contributed by atoms with van der Waals surface area (Å²) in [6.45, 7) is 0. The number of pyridine rings is 1. The third-order valence-electron chi connectivity index (χ3n) is 4.70. The molecule has 7 heteroatoms. The lowest BCUT2D eigenvalue weighted by atomic mass is 9.78. The van der Waals surface area contributed by atoms with Gasteiger partial charge >= 0.3 is 0 Å². The van der Waals surface area contributed by atoms with Crippen molar-refractivity contribution in [3.63, 3.8) is 0 Å². The molecule has 0 unspecified atom stereocenters. The number of aromatic nitrogens is 1. The number of thiol groups is 1. The van der Waals surface area contributed by atoms with Crippen molar-refractivity contribution in [2.75, 3.05) is 16.8 Å². The molecule has 2 aromatic heterocycles. The number of nitrogens with one attached hydrogen (secondary N) is 1. The number of anilines is 2. The van der Waals surface area contributed by atoms with E-state index in [0.29, 0.717) is 12.1 Å². The monoisotopic (exact) mass is 353 g/mol. The Kier molecular flexibility index (Phi) is 5.06. The summed E-state index contributed by atoms with van der Waals surface area (Å²) in [5.41, 5.74) is 8.73. The van der Waals surface area contributed by atoms with Crippen molar-refractivity contribution < 1.29 is 8.42 Å². The van der Waals surface area contributed by atoms with E-state index in [9.17, 15) is 8.42 Å². The fourth-order valence-electron chi connectivity index (χ4n) is 3.53. The summed E-state index contributed by atoms with van der Waals surface area (Å²) in [5, 5.41) is 5.74. The lowest BCUT2D eigenvalue weighted by molar-refractivity contribution is 0.303. The van der Waals surface area contributed by atoms with Gasteiger partial charge in [0.25, 0.3) is 0 Å². The van der Waals surface area contributed by atoms with E-state index in [-0.39, 0.29) is 11.3 Å². The van der Waals surface area contributed by atoms with Crippen LogP contribution in [0.15, 0.2) is 17.6 Å². The first kappa shape index (κ1) is 16.5. The van der Waals surface area contributed by atoms with Crippen LogP contribution in [0, 0.1) is 0 Å². The third kappa shape index (κ3) is 3.77. The SMILES string of the molecule is Nc1cnc2ccsc2c1NC1(CCC[SH](=O)=O)CCCCC1. The minimum atomic E-state index is -2.30. The van der Waals surface area contributed by atoms with E-state index in [4.69, 9.17) is 5.73 Å². The molecule has 3 N–H and O–H groups in total. The van der Waals surface area contributed by atoms with Crippen LogP contribution in [0.2, 0.25) is 0 Å². The minimum absolute atomic E-state index is 0.0456. The van der Waals surface area contributed by atoms with Crippen molar-refractivity contribution >= 4 is 43.6 Å². The van der Waals surface area contributed by atoms with E-state index in [2.05, 4.69) is 10.3 Å².